The summed E-state index contributed by atoms with van der Waals surface area (Å²) in [7, 11) is 1.60. The van der Waals surface area contributed by atoms with Crippen LogP contribution in [0.15, 0.2) is 45.7 Å². The van der Waals surface area contributed by atoms with Crippen LogP contribution in [0, 0.1) is 0 Å². The number of allylic oxidation sites excluding steroid dienone is 4. The number of carbonyl (C=O) groups excluding carboxylic acids is 1. The maximum atomic E-state index is 10.7. The summed E-state index contributed by atoms with van der Waals surface area (Å²) in [6.07, 6.45) is 10.2. The summed E-state index contributed by atoms with van der Waals surface area (Å²) in [5, 5.41) is 9.07. The lowest BCUT2D eigenvalue weighted by molar-refractivity contribution is -0.102. The lowest BCUT2D eigenvalue weighted by Crippen LogP contribution is -2.32. The Bertz CT molecular complexity index is 471. The number of hydrogen-bond acceptors (Lipinski definition) is 5. The van der Waals surface area contributed by atoms with Gasteiger partial charge in [0.2, 0.25) is 0 Å². The molecule has 2 aliphatic heterocycles. The number of aldehydes is 1. The molecule has 2 aliphatic rings. The number of fused-ring (bicyclic) bond motifs is 1. The highest BCUT2D eigenvalue weighted by Crippen LogP contribution is 2.20. The molecule has 0 aromatic heterocycles. The van der Waals surface area contributed by atoms with Crippen molar-refractivity contribution in [2.75, 3.05) is 7.05 Å². The van der Waals surface area contributed by atoms with Gasteiger partial charge in [0.1, 0.15) is 12.5 Å². The molecular weight excluding hydrogens is 216 g/mol. The Kier molecular flexibility index (Phi) is 3.18. The fourth-order valence-electron chi connectivity index (χ4n) is 1.65. The highest BCUT2D eigenvalue weighted by atomic mass is 16.1. The van der Waals surface area contributed by atoms with Crippen molar-refractivity contribution in [2.45, 2.75) is 13.1 Å². The minimum absolute atomic E-state index is 0.108. The molecule has 0 aliphatic carbocycles. The second-order valence-corrected chi connectivity index (χ2v) is 3.77. The molecule has 0 saturated heterocycles. The number of hydrazone groups is 1. The van der Waals surface area contributed by atoms with E-state index in [1.54, 1.807) is 19.5 Å². The highest BCUT2D eigenvalue weighted by molar-refractivity contribution is 6.34. The van der Waals surface area contributed by atoms with Crippen LogP contribution < -0.4 is 5.32 Å². The van der Waals surface area contributed by atoms with Crippen molar-refractivity contribution in [1.29, 1.82) is 0 Å². The Hall–Kier alpha value is -2.17. The van der Waals surface area contributed by atoms with Crippen molar-refractivity contribution < 1.29 is 4.79 Å². The Morgan fingerprint density at radius 2 is 2.47 bits per heavy atom. The second-order valence-electron chi connectivity index (χ2n) is 3.77. The van der Waals surface area contributed by atoms with E-state index in [-0.39, 0.29) is 6.17 Å². The molecule has 0 aromatic rings. The summed E-state index contributed by atoms with van der Waals surface area (Å²) in [6.45, 7) is 1.94. The number of hydrogen-bond donors (Lipinski definition) is 1. The van der Waals surface area contributed by atoms with Crippen LogP contribution in [0.5, 0.6) is 0 Å². The first-order valence-corrected chi connectivity index (χ1v) is 5.32. The SMILES string of the molecule is C/N=C(C=O)\C=C(/C)C1=CN2N=CNC2C=C1. The van der Waals surface area contributed by atoms with Crippen LogP contribution in [0.1, 0.15) is 6.92 Å². The van der Waals surface area contributed by atoms with E-state index in [0.717, 1.165) is 17.4 Å². The number of aliphatic imine (C=N–C) groups is 1. The monoisotopic (exact) mass is 230 g/mol. The van der Waals surface area contributed by atoms with Gasteiger partial charge in [0, 0.05) is 13.2 Å². The molecule has 1 unspecified atom stereocenters. The topological polar surface area (TPSA) is 57.1 Å². The van der Waals surface area contributed by atoms with Gasteiger partial charge in [-0.1, -0.05) is 6.08 Å². The quantitative estimate of drug-likeness (QED) is 0.577. The van der Waals surface area contributed by atoms with Gasteiger partial charge < -0.3 is 5.32 Å². The molecule has 0 saturated carbocycles. The molecule has 17 heavy (non-hydrogen) atoms. The summed E-state index contributed by atoms with van der Waals surface area (Å²) in [6, 6.07) is 0. The molecule has 2 rings (SSSR count). The average molecular weight is 230 g/mol. The van der Waals surface area contributed by atoms with E-state index >= 15 is 0 Å². The van der Waals surface area contributed by atoms with E-state index in [0.29, 0.717) is 5.71 Å². The Morgan fingerprint density at radius 1 is 1.65 bits per heavy atom. The van der Waals surface area contributed by atoms with Gasteiger partial charge in [-0.05, 0) is 30.2 Å². The molecule has 2 heterocycles. The lowest BCUT2D eigenvalue weighted by Gasteiger charge is -2.22. The van der Waals surface area contributed by atoms with Gasteiger partial charge in [-0.15, -0.1) is 0 Å². The van der Waals surface area contributed by atoms with Crippen LogP contribution >= 0.6 is 0 Å². The molecule has 5 heteroatoms. The molecular formula is C12H14N4O. The van der Waals surface area contributed by atoms with E-state index in [4.69, 9.17) is 0 Å². The molecule has 1 atom stereocenters. The zero-order valence-corrected chi connectivity index (χ0v) is 9.79. The number of nitrogens with zero attached hydrogens (tertiary/aromatic N) is 3. The predicted octanol–water partition coefficient (Wildman–Crippen LogP) is 0.831. The van der Waals surface area contributed by atoms with E-state index in [2.05, 4.69) is 15.4 Å². The van der Waals surface area contributed by atoms with Crippen molar-refractivity contribution >= 4 is 18.3 Å². The normalized spacial score (nSPS) is 23.3. The molecule has 5 nitrogen and oxygen atoms in total. The van der Waals surface area contributed by atoms with Crippen LogP contribution in [-0.4, -0.2) is 36.6 Å². The van der Waals surface area contributed by atoms with Gasteiger partial charge in [-0.3, -0.25) is 9.79 Å². The van der Waals surface area contributed by atoms with Crippen LogP contribution in [0.25, 0.3) is 0 Å². The lowest BCUT2D eigenvalue weighted by atomic mass is 10.0. The summed E-state index contributed by atoms with van der Waals surface area (Å²) in [5.74, 6) is 0. The zero-order valence-electron chi connectivity index (χ0n) is 9.79. The molecule has 1 N–H and O–H groups in total. The van der Waals surface area contributed by atoms with Crippen LogP contribution in [-0.2, 0) is 4.79 Å². The third-order valence-electron chi connectivity index (χ3n) is 2.65. The van der Waals surface area contributed by atoms with E-state index in [9.17, 15) is 4.79 Å². The van der Waals surface area contributed by atoms with Crippen molar-refractivity contribution in [2.24, 2.45) is 10.1 Å². The summed E-state index contributed by atoms with van der Waals surface area (Å²) < 4.78 is 0. The van der Waals surface area contributed by atoms with Gasteiger partial charge in [-0.2, -0.15) is 5.10 Å². The van der Waals surface area contributed by atoms with E-state index < -0.39 is 0 Å². The minimum atomic E-state index is 0.108. The Morgan fingerprint density at radius 3 is 3.18 bits per heavy atom. The fourth-order valence-corrected chi connectivity index (χ4v) is 1.65. The van der Waals surface area contributed by atoms with Crippen molar-refractivity contribution in [3.05, 3.63) is 35.6 Å². The first-order valence-electron chi connectivity index (χ1n) is 5.32. The summed E-state index contributed by atoms with van der Waals surface area (Å²) in [4.78, 5) is 14.6. The van der Waals surface area contributed by atoms with Crippen LogP contribution in [0.3, 0.4) is 0 Å². The maximum absolute atomic E-state index is 10.7. The van der Waals surface area contributed by atoms with Crippen molar-refractivity contribution in [1.82, 2.24) is 10.3 Å². The van der Waals surface area contributed by atoms with Gasteiger partial charge in [0.05, 0.1) is 5.71 Å². The Labute approximate surface area is 99.9 Å². The molecule has 0 bridgehead atoms. The zero-order chi connectivity index (χ0) is 12.3. The largest absolute Gasteiger partial charge is 0.350 e. The first kappa shape index (κ1) is 11.3. The van der Waals surface area contributed by atoms with Gasteiger partial charge in [0.15, 0.2) is 6.29 Å². The second kappa shape index (κ2) is 4.78. The number of rotatable bonds is 3. The number of carbonyl (C=O) groups is 1. The Balaban J connectivity index is 2.21. The van der Waals surface area contributed by atoms with Gasteiger partial charge in [-0.25, -0.2) is 5.01 Å². The first-order chi connectivity index (χ1) is 8.24. The third kappa shape index (κ3) is 2.33. The summed E-state index contributed by atoms with van der Waals surface area (Å²) >= 11 is 0. The number of nitrogens with one attached hydrogen (secondary N) is 1. The standard InChI is InChI=1S/C12H14N4O/c1-9(5-11(7-17)13-2)10-3-4-12-14-8-15-16(12)6-10/h3-8,12H,1-2H3,(H,14,15)/b9-5+,13-11+. The molecule has 0 spiro atoms. The molecule has 0 amide bonds. The maximum Gasteiger partial charge on any atom is 0.167 e. The third-order valence-corrected chi connectivity index (χ3v) is 2.65. The van der Waals surface area contributed by atoms with Crippen molar-refractivity contribution in [3.63, 3.8) is 0 Å². The molecule has 0 aromatic carbocycles. The smallest absolute Gasteiger partial charge is 0.167 e. The fraction of sp³-hybridized carbons (Fsp3) is 0.250. The van der Waals surface area contributed by atoms with Crippen LogP contribution in [0.4, 0.5) is 0 Å². The van der Waals surface area contributed by atoms with Gasteiger partial charge >= 0.3 is 0 Å². The molecule has 0 radical (unpaired) electrons. The minimum Gasteiger partial charge on any atom is -0.350 e. The van der Waals surface area contributed by atoms with E-state index in [1.165, 1.54) is 0 Å². The molecule has 0 fully saturated rings. The highest BCUT2D eigenvalue weighted by Gasteiger charge is 2.19. The predicted molar refractivity (Wildman–Crippen MR) is 67.7 cm³/mol. The van der Waals surface area contributed by atoms with Crippen LogP contribution in [0.2, 0.25) is 0 Å². The summed E-state index contributed by atoms with van der Waals surface area (Å²) in [5.41, 5.74) is 2.43. The van der Waals surface area contributed by atoms with E-state index in [1.807, 2.05) is 30.3 Å². The average Bonchev–Trinajstić information content (AvgIpc) is 2.82. The molecule has 88 valence electrons. The van der Waals surface area contributed by atoms with Crippen molar-refractivity contribution in [3.8, 4) is 0 Å². The van der Waals surface area contributed by atoms with Gasteiger partial charge in [0.25, 0.3) is 0 Å².